The lowest BCUT2D eigenvalue weighted by molar-refractivity contribution is 0.170. The summed E-state index contributed by atoms with van der Waals surface area (Å²) in [6.45, 7) is 2.13. The van der Waals surface area contributed by atoms with E-state index in [1.54, 1.807) is 0 Å². The standard InChI is InChI=1S/C17H28N4/c1-12-19-20-17(21(12)14-7-3-4-8-14)16-11-10-13-6-2-5-9-15(13)18-16/h13-16,18H,2-11H2,1H3. The molecule has 0 bridgehead atoms. The molecular formula is C17H28N4. The van der Waals surface area contributed by atoms with Crippen LogP contribution in [0, 0.1) is 12.8 Å². The van der Waals surface area contributed by atoms with Gasteiger partial charge in [0.1, 0.15) is 11.6 Å². The predicted octanol–water partition coefficient (Wildman–Crippen LogP) is 3.68. The minimum atomic E-state index is 0.436. The van der Waals surface area contributed by atoms with E-state index >= 15 is 0 Å². The number of nitrogens with one attached hydrogen (secondary N) is 1. The van der Waals surface area contributed by atoms with Crippen LogP contribution in [-0.4, -0.2) is 20.8 Å². The van der Waals surface area contributed by atoms with Crippen LogP contribution in [0.3, 0.4) is 0 Å². The zero-order chi connectivity index (χ0) is 14.2. The monoisotopic (exact) mass is 288 g/mol. The summed E-state index contributed by atoms with van der Waals surface area (Å²) in [6.07, 6.45) is 13.6. The minimum absolute atomic E-state index is 0.436. The van der Waals surface area contributed by atoms with Crippen molar-refractivity contribution >= 4 is 0 Å². The number of rotatable bonds is 2. The Balaban J connectivity index is 1.56. The molecule has 116 valence electrons. The average molecular weight is 288 g/mol. The maximum absolute atomic E-state index is 4.57. The van der Waals surface area contributed by atoms with Crippen LogP contribution in [0.1, 0.15) is 87.9 Å². The number of fused-ring (bicyclic) bond motifs is 1. The lowest BCUT2D eigenvalue weighted by Crippen LogP contribution is -2.45. The molecule has 1 saturated heterocycles. The Labute approximate surface area is 127 Å². The van der Waals surface area contributed by atoms with Crippen molar-refractivity contribution in [3.05, 3.63) is 11.6 Å². The maximum atomic E-state index is 4.57. The Hall–Kier alpha value is -0.900. The highest BCUT2D eigenvalue weighted by molar-refractivity contribution is 5.06. The maximum Gasteiger partial charge on any atom is 0.150 e. The van der Waals surface area contributed by atoms with E-state index in [-0.39, 0.29) is 0 Å². The van der Waals surface area contributed by atoms with E-state index in [9.17, 15) is 0 Å². The molecule has 3 aliphatic rings. The van der Waals surface area contributed by atoms with Gasteiger partial charge in [-0.1, -0.05) is 25.7 Å². The van der Waals surface area contributed by atoms with Gasteiger partial charge in [-0.2, -0.15) is 0 Å². The second-order valence-electron chi connectivity index (χ2n) is 7.36. The minimum Gasteiger partial charge on any atom is -0.311 e. The van der Waals surface area contributed by atoms with Gasteiger partial charge in [-0.25, -0.2) is 0 Å². The van der Waals surface area contributed by atoms with Crippen molar-refractivity contribution < 1.29 is 0 Å². The first-order chi connectivity index (χ1) is 10.3. The number of aryl methyl sites for hydroxylation is 1. The van der Waals surface area contributed by atoms with Crippen LogP contribution >= 0.6 is 0 Å². The third kappa shape index (κ3) is 2.52. The van der Waals surface area contributed by atoms with Crippen molar-refractivity contribution in [2.24, 2.45) is 5.92 Å². The molecular weight excluding hydrogens is 260 g/mol. The van der Waals surface area contributed by atoms with Gasteiger partial charge in [-0.05, 0) is 51.4 Å². The van der Waals surface area contributed by atoms with Gasteiger partial charge in [0.15, 0.2) is 0 Å². The van der Waals surface area contributed by atoms with Crippen LogP contribution in [0.2, 0.25) is 0 Å². The van der Waals surface area contributed by atoms with Crippen molar-refractivity contribution in [3.8, 4) is 0 Å². The van der Waals surface area contributed by atoms with Crippen LogP contribution in [0.5, 0.6) is 0 Å². The molecule has 21 heavy (non-hydrogen) atoms. The highest BCUT2D eigenvalue weighted by Gasteiger charge is 2.35. The predicted molar refractivity (Wildman–Crippen MR) is 83.1 cm³/mol. The van der Waals surface area contributed by atoms with Crippen LogP contribution in [0.25, 0.3) is 0 Å². The van der Waals surface area contributed by atoms with Crippen LogP contribution in [-0.2, 0) is 0 Å². The molecule has 1 aromatic rings. The Kier molecular flexibility index (Phi) is 3.74. The fourth-order valence-electron chi connectivity index (χ4n) is 4.94. The van der Waals surface area contributed by atoms with E-state index in [4.69, 9.17) is 0 Å². The topological polar surface area (TPSA) is 42.7 Å². The zero-order valence-electron chi connectivity index (χ0n) is 13.2. The lowest BCUT2D eigenvalue weighted by atomic mass is 9.77. The summed E-state index contributed by atoms with van der Waals surface area (Å²) in [6, 6.07) is 1.82. The van der Waals surface area contributed by atoms with Gasteiger partial charge in [0, 0.05) is 12.1 Å². The first-order valence-corrected chi connectivity index (χ1v) is 9.00. The highest BCUT2D eigenvalue weighted by Crippen LogP contribution is 2.38. The van der Waals surface area contributed by atoms with Crippen LogP contribution in [0.4, 0.5) is 0 Å². The van der Waals surface area contributed by atoms with Crippen LogP contribution in [0.15, 0.2) is 0 Å². The summed E-state index contributed by atoms with van der Waals surface area (Å²) >= 11 is 0. The fourth-order valence-corrected chi connectivity index (χ4v) is 4.94. The number of piperidine rings is 1. The van der Waals surface area contributed by atoms with E-state index in [1.165, 1.54) is 70.0 Å². The first-order valence-electron chi connectivity index (χ1n) is 9.00. The summed E-state index contributed by atoms with van der Waals surface area (Å²) in [5, 5.41) is 12.9. The van der Waals surface area contributed by atoms with Gasteiger partial charge >= 0.3 is 0 Å². The Morgan fingerprint density at radius 2 is 1.67 bits per heavy atom. The van der Waals surface area contributed by atoms with E-state index in [0.717, 1.165) is 17.8 Å². The molecule has 0 amide bonds. The molecule has 3 atom stereocenters. The second-order valence-corrected chi connectivity index (χ2v) is 7.36. The van der Waals surface area contributed by atoms with E-state index in [0.29, 0.717) is 12.1 Å². The van der Waals surface area contributed by atoms with E-state index in [2.05, 4.69) is 27.0 Å². The van der Waals surface area contributed by atoms with Crippen molar-refractivity contribution in [2.75, 3.05) is 0 Å². The molecule has 0 radical (unpaired) electrons. The quantitative estimate of drug-likeness (QED) is 0.902. The molecule has 1 N–H and O–H groups in total. The molecule has 2 heterocycles. The van der Waals surface area contributed by atoms with E-state index < -0.39 is 0 Å². The molecule has 2 saturated carbocycles. The van der Waals surface area contributed by atoms with Gasteiger partial charge in [0.05, 0.1) is 6.04 Å². The van der Waals surface area contributed by atoms with Gasteiger partial charge in [0.25, 0.3) is 0 Å². The molecule has 3 unspecified atom stereocenters. The normalized spacial score (nSPS) is 34.0. The number of nitrogens with zero attached hydrogens (tertiary/aromatic N) is 3. The van der Waals surface area contributed by atoms with Crippen molar-refractivity contribution in [1.29, 1.82) is 0 Å². The van der Waals surface area contributed by atoms with Gasteiger partial charge in [-0.15, -0.1) is 10.2 Å². The fraction of sp³-hybridized carbons (Fsp3) is 0.882. The molecule has 1 aromatic heterocycles. The molecule has 4 rings (SSSR count). The van der Waals surface area contributed by atoms with E-state index in [1.807, 2.05) is 0 Å². The molecule has 2 aliphatic carbocycles. The summed E-state index contributed by atoms with van der Waals surface area (Å²) < 4.78 is 2.47. The highest BCUT2D eigenvalue weighted by atomic mass is 15.3. The summed E-state index contributed by atoms with van der Waals surface area (Å²) in [7, 11) is 0. The number of aromatic nitrogens is 3. The van der Waals surface area contributed by atoms with Crippen molar-refractivity contribution in [1.82, 2.24) is 20.1 Å². The second kappa shape index (κ2) is 5.71. The average Bonchev–Trinajstić information content (AvgIpc) is 3.15. The molecule has 0 spiro atoms. The van der Waals surface area contributed by atoms with Gasteiger partial charge in [-0.3, -0.25) is 0 Å². The Morgan fingerprint density at radius 3 is 2.52 bits per heavy atom. The lowest BCUT2D eigenvalue weighted by Gasteiger charge is -2.40. The van der Waals surface area contributed by atoms with Gasteiger partial charge in [0.2, 0.25) is 0 Å². The van der Waals surface area contributed by atoms with Gasteiger partial charge < -0.3 is 9.88 Å². The van der Waals surface area contributed by atoms with Crippen LogP contribution < -0.4 is 5.32 Å². The molecule has 0 aromatic carbocycles. The van der Waals surface area contributed by atoms with Crippen molar-refractivity contribution in [3.63, 3.8) is 0 Å². The third-order valence-corrected chi connectivity index (χ3v) is 6.04. The third-order valence-electron chi connectivity index (χ3n) is 6.04. The van der Waals surface area contributed by atoms with Crippen molar-refractivity contribution in [2.45, 2.75) is 89.3 Å². The molecule has 4 nitrogen and oxygen atoms in total. The molecule has 4 heteroatoms. The largest absolute Gasteiger partial charge is 0.311 e. The summed E-state index contributed by atoms with van der Waals surface area (Å²) in [4.78, 5) is 0. The summed E-state index contributed by atoms with van der Waals surface area (Å²) in [5.74, 6) is 3.26. The smallest absolute Gasteiger partial charge is 0.150 e. The number of hydrogen-bond acceptors (Lipinski definition) is 3. The Morgan fingerprint density at radius 1 is 0.905 bits per heavy atom. The summed E-state index contributed by atoms with van der Waals surface area (Å²) in [5.41, 5.74) is 0. The molecule has 3 fully saturated rings. The SMILES string of the molecule is Cc1nnc(C2CCC3CCCCC3N2)n1C1CCCC1. The Bertz CT molecular complexity index is 489. The zero-order valence-corrected chi connectivity index (χ0v) is 13.2. The molecule has 1 aliphatic heterocycles. The number of hydrogen-bond donors (Lipinski definition) is 1. The first kappa shape index (κ1) is 13.7.